The van der Waals surface area contributed by atoms with Crippen molar-refractivity contribution in [3.05, 3.63) is 47.5 Å². The third-order valence-corrected chi connectivity index (χ3v) is 6.77. The lowest BCUT2D eigenvalue weighted by Gasteiger charge is -2.15. The third kappa shape index (κ3) is 4.05. The Morgan fingerprint density at radius 2 is 1.92 bits per heavy atom. The molecule has 2 aliphatic rings. The molecule has 0 unspecified atom stereocenters. The van der Waals surface area contributed by atoms with Crippen LogP contribution in [-0.4, -0.2) is 68.1 Å². The minimum atomic E-state index is -0.111. The first-order chi connectivity index (χ1) is 17.9. The average molecular weight is 499 g/mol. The first-order valence-electron chi connectivity index (χ1n) is 12.0. The van der Waals surface area contributed by atoms with Gasteiger partial charge in [0.25, 0.3) is 5.91 Å². The molecule has 12 heteroatoms. The summed E-state index contributed by atoms with van der Waals surface area (Å²) in [6, 6.07) is 5.75. The lowest BCUT2D eigenvalue weighted by Crippen LogP contribution is -2.28. The molecular weight excluding hydrogens is 472 g/mol. The summed E-state index contributed by atoms with van der Waals surface area (Å²) in [6.07, 6.45) is 4.06. The number of nitrogens with one attached hydrogen (secondary N) is 3. The zero-order valence-corrected chi connectivity index (χ0v) is 20.5. The molecule has 0 bridgehead atoms. The van der Waals surface area contributed by atoms with Gasteiger partial charge in [-0.15, -0.1) is 0 Å². The summed E-state index contributed by atoms with van der Waals surface area (Å²) < 4.78 is 1.70. The Morgan fingerprint density at radius 1 is 1.05 bits per heavy atom. The van der Waals surface area contributed by atoms with E-state index in [1.807, 2.05) is 25.1 Å². The summed E-state index contributed by atoms with van der Waals surface area (Å²) in [7, 11) is 1.77. The van der Waals surface area contributed by atoms with E-state index in [9.17, 15) is 9.59 Å². The summed E-state index contributed by atoms with van der Waals surface area (Å²) in [5, 5.41) is 15.5. The summed E-state index contributed by atoms with van der Waals surface area (Å²) in [5.41, 5.74) is 10.8. The van der Waals surface area contributed by atoms with Crippen LogP contribution in [0, 0.1) is 6.92 Å². The maximum Gasteiger partial charge on any atom is 0.274 e. The van der Waals surface area contributed by atoms with Crippen LogP contribution >= 0.6 is 0 Å². The molecule has 188 valence electrons. The number of fused-ring (bicyclic) bond motifs is 3. The molecule has 6 rings (SSSR count). The van der Waals surface area contributed by atoms with Gasteiger partial charge < -0.3 is 26.6 Å². The second-order valence-electron chi connectivity index (χ2n) is 9.26. The summed E-state index contributed by atoms with van der Waals surface area (Å²) in [5.74, 6) is 1.39. The SMILES string of the molecule is Cc1c(-c2cc3cc(Nc4cc5n(n4)CC(=O)NCC5)ncc3c(N)n2)cnc2c1NCCN(C)C2=O. The molecule has 0 saturated carbocycles. The number of hydrogen-bond acceptors (Lipinski definition) is 9. The first-order valence-corrected chi connectivity index (χ1v) is 12.0. The van der Waals surface area contributed by atoms with Gasteiger partial charge in [0.15, 0.2) is 11.5 Å². The summed E-state index contributed by atoms with van der Waals surface area (Å²) in [6.45, 7) is 3.97. The molecule has 0 saturated heterocycles. The van der Waals surface area contributed by atoms with Crippen molar-refractivity contribution in [3.8, 4) is 11.3 Å². The van der Waals surface area contributed by atoms with Gasteiger partial charge in [0.05, 0.1) is 11.4 Å². The lowest BCUT2D eigenvalue weighted by atomic mass is 10.0. The standard InChI is InChI=1S/C25H26N10O2/c1-13-16(10-30-23-22(13)28-5-6-34(2)25(23)37)18-7-14-8-19(29-11-17(14)24(26)31-18)32-20-9-15-3-4-27-21(36)12-35(15)33-20/h7-11,28H,3-6,12H2,1-2H3,(H2,26,31)(H,27,36)(H,29,32,33). The van der Waals surface area contributed by atoms with Gasteiger partial charge >= 0.3 is 0 Å². The number of likely N-dealkylation sites (N-methyl/N-ethyl adjacent to an activating group) is 1. The number of anilines is 4. The van der Waals surface area contributed by atoms with Crippen LogP contribution in [0.4, 0.5) is 23.1 Å². The molecular formula is C25H26N10O2. The number of rotatable bonds is 3. The molecule has 0 aliphatic carbocycles. The van der Waals surface area contributed by atoms with E-state index in [1.165, 1.54) is 0 Å². The highest BCUT2D eigenvalue weighted by atomic mass is 16.2. The van der Waals surface area contributed by atoms with E-state index in [2.05, 4.69) is 36.0 Å². The Bertz CT molecular complexity index is 1580. The molecule has 0 atom stereocenters. The van der Waals surface area contributed by atoms with Gasteiger partial charge in [-0.3, -0.25) is 14.3 Å². The largest absolute Gasteiger partial charge is 0.383 e. The van der Waals surface area contributed by atoms with Crippen LogP contribution in [0.5, 0.6) is 0 Å². The van der Waals surface area contributed by atoms with Crippen LogP contribution < -0.4 is 21.7 Å². The summed E-state index contributed by atoms with van der Waals surface area (Å²) >= 11 is 0. The van der Waals surface area contributed by atoms with Gasteiger partial charge in [-0.2, -0.15) is 5.10 Å². The molecule has 4 aromatic heterocycles. The maximum absolute atomic E-state index is 12.7. The third-order valence-electron chi connectivity index (χ3n) is 6.77. The normalized spacial score (nSPS) is 15.4. The molecule has 2 amide bonds. The highest BCUT2D eigenvalue weighted by Gasteiger charge is 2.24. The fourth-order valence-electron chi connectivity index (χ4n) is 4.76. The van der Waals surface area contributed by atoms with Crippen LogP contribution in [0.15, 0.2) is 30.6 Å². The van der Waals surface area contributed by atoms with Crippen LogP contribution in [0.25, 0.3) is 22.0 Å². The smallest absolute Gasteiger partial charge is 0.274 e. The number of hydrogen-bond donors (Lipinski definition) is 4. The van der Waals surface area contributed by atoms with Gasteiger partial charge in [-0.25, -0.2) is 15.0 Å². The quantitative estimate of drug-likeness (QED) is 0.330. The first kappa shape index (κ1) is 22.7. The Hall–Kier alpha value is -4.74. The zero-order valence-electron chi connectivity index (χ0n) is 20.5. The van der Waals surface area contributed by atoms with E-state index in [1.54, 1.807) is 29.0 Å². The van der Waals surface area contributed by atoms with E-state index in [-0.39, 0.29) is 18.4 Å². The van der Waals surface area contributed by atoms with Crippen LogP contribution in [0.3, 0.4) is 0 Å². The minimum Gasteiger partial charge on any atom is -0.383 e. The molecule has 4 aromatic rings. The van der Waals surface area contributed by atoms with Crippen molar-refractivity contribution in [1.29, 1.82) is 0 Å². The molecule has 37 heavy (non-hydrogen) atoms. The van der Waals surface area contributed by atoms with Crippen LogP contribution in [0.1, 0.15) is 21.7 Å². The van der Waals surface area contributed by atoms with Gasteiger partial charge in [0, 0.05) is 68.2 Å². The van der Waals surface area contributed by atoms with Crippen LogP contribution in [0.2, 0.25) is 0 Å². The van der Waals surface area contributed by atoms with Gasteiger partial charge in [-0.05, 0) is 30.0 Å². The zero-order chi connectivity index (χ0) is 25.7. The molecule has 0 radical (unpaired) electrons. The highest BCUT2D eigenvalue weighted by molar-refractivity contribution is 6.00. The Kier molecular flexibility index (Phi) is 5.36. The predicted molar refractivity (Wildman–Crippen MR) is 140 cm³/mol. The monoisotopic (exact) mass is 498 g/mol. The molecule has 2 aliphatic heterocycles. The second kappa shape index (κ2) is 8.73. The van der Waals surface area contributed by atoms with Crippen molar-refractivity contribution >= 4 is 45.7 Å². The Balaban J connectivity index is 1.36. The fourth-order valence-corrected chi connectivity index (χ4v) is 4.76. The van der Waals surface area contributed by atoms with E-state index in [4.69, 9.17) is 5.73 Å². The minimum absolute atomic E-state index is 0.0538. The fraction of sp³-hybridized carbons (Fsp3) is 0.280. The van der Waals surface area contributed by atoms with Crippen molar-refractivity contribution in [2.24, 2.45) is 0 Å². The maximum atomic E-state index is 12.7. The van der Waals surface area contributed by atoms with Crippen molar-refractivity contribution in [3.63, 3.8) is 0 Å². The molecule has 0 aromatic carbocycles. The van der Waals surface area contributed by atoms with E-state index >= 15 is 0 Å². The second-order valence-corrected chi connectivity index (χ2v) is 9.26. The van der Waals surface area contributed by atoms with E-state index in [0.29, 0.717) is 54.9 Å². The number of pyridine rings is 3. The number of nitrogens with zero attached hydrogens (tertiary/aromatic N) is 6. The number of amides is 2. The van der Waals surface area contributed by atoms with Crippen molar-refractivity contribution in [2.45, 2.75) is 19.9 Å². The number of carbonyl (C=O) groups excluding carboxylic acids is 2. The number of nitrogen functional groups attached to an aromatic ring is 1. The van der Waals surface area contributed by atoms with Crippen molar-refractivity contribution in [1.82, 2.24) is 34.9 Å². The molecule has 5 N–H and O–H groups in total. The van der Waals surface area contributed by atoms with Crippen LogP contribution in [-0.2, 0) is 17.8 Å². The number of nitrogens with two attached hydrogens (primary N) is 1. The van der Waals surface area contributed by atoms with Gasteiger partial charge in [-0.1, -0.05) is 0 Å². The van der Waals surface area contributed by atoms with E-state index < -0.39 is 0 Å². The Labute approximate surface area is 212 Å². The van der Waals surface area contributed by atoms with Gasteiger partial charge in [0.2, 0.25) is 5.91 Å². The van der Waals surface area contributed by atoms with Crippen molar-refractivity contribution < 1.29 is 9.59 Å². The van der Waals surface area contributed by atoms with E-state index in [0.717, 1.165) is 33.3 Å². The average Bonchev–Trinajstić information content (AvgIpc) is 3.05. The molecule has 0 fully saturated rings. The number of aromatic nitrogens is 5. The molecule has 0 spiro atoms. The van der Waals surface area contributed by atoms with Crippen molar-refractivity contribution in [2.75, 3.05) is 43.0 Å². The topological polar surface area (TPSA) is 156 Å². The molecule has 12 nitrogen and oxygen atoms in total. The predicted octanol–water partition coefficient (Wildman–Crippen LogP) is 1.69. The number of carbonyl (C=O) groups is 2. The highest BCUT2D eigenvalue weighted by Crippen LogP contribution is 2.33. The lowest BCUT2D eigenvalue weighted by molar-refractivity contribution is -0.121. The Morgan fingerprint density at radius 3 is 2.78 bits per heavy atom. The molecule has 6 heterocycles. The van der Waals surface area contributed by atoms with Gasteiger partial charge in [0.1, 0.15) is 18.2 Å². The summed E-state index contributed by atoms with van der Waals surface area (Å²) in [4.78, 5) is 39.8.